The van der Waals surface area contributed by atoms with Crippen LogP contribution in [0.1, 0.15) is 29.5 Å². The van der Waals surface area contributed by atoms with Crippen molar-refractivity contribution in [2.75, 3.05) is 6.61 Å². The minimum Gasteiger partial charge on any atom is -0.461 e. The highest BCUT2D eigenvalue weighted by Gasteiger charge is 2.31. The molecule has 3 heterocycles. The molecule has 0 spiro atoms. The van der Waals surface area contributed by atoms with Gasteiger partial charge in [-0.15, -0.1) is 0 Å². The van der Waals surface area contributed by atoms with Crippen LogP contribution in [0.5, 0.6) is 0 Å². The van der Waals surface area contributed by atoms with Gasteiger partial charge in [0.15, 0.2) is 0 Å². The first-order valence-corrected chi connectivity index (χ1v) is 8.04. The molecule has 1 saturated heterocycles. The van der Waals surface area contributed by atoms with Crippen LogP contribution >= 0.6 is 0 Å². The molecule has 0 bridgehead atoms. The number of para-hydroxylation sites is 1. The van der Waals surface area contributed by atoms with E-state index >= 15 is 0 Å². The molecule has 4 rings (SSSR count). The van der Waals surface area contributed by atoms with Crippen molar-refractivity contribution < 1.29 is 9.15 Å². The number of nitrogens with zero attached hydrogens (tertiary/aromatic N) is 2. The van der Waals surface area contributed by atoms with Gasteiger partial charge in [-0.3, -0.25) is 4.68 Å². The minimum absolute atomic E-state index is 0.0565. The van der Waals surface area contributed by atoms with Crippen molar-refractivity contribution >= 4 is 11.0 Å². The van der Waals surface area contributed by atoms with Crippen LogP contribution in [0.25, 0.3) is 11.0 Å². The number of hydrogen-bond acceptors (Lipinski definition) is 4. The third-order valence-corrected chi connectivity index (χ3v) is 4.68. The van der Waals surface area contributed by atoms with E-state index in [2.05, 4.69) is 22.5 Å². The van der Waals surface area contributed by atoms with E-state index in [4.69, 9.17) is 9.15 Å². The Hall–Kier alpha value is -2.11. The number of fused-ring (bicyclic) bond motifs is 1. The predicted molar refractivity (Wildman–Crippen MR) is 88.1 cm³/mol. The van der Waals surface area contributed by atoms with Gasteiger partial charge in [0, 0.05) is 43.4 Å². The summed E-state index contributed by atoms with van der Waals surface area (Å²) in [6.45, 7) is 3.59. The zero-order chi connectivity index (χ0) is 15.8. The Morgan fingerprint density at radius 1 is 1.30 bits per heavy atom. The standard InChI is InChI=1S/C18H21N3O2/c1-12-14(13-5-3-4-6-17(13)23-12)11-19-15-8-10-22-18(15)16-7-9-20-21(16)2/h3-7,9,15,18-19H,8,10-11H2,1-2H3/t15-,18-/m0/s1. The predicted octanol–water partition coefficient (Wildman–Crippen LogP) is 3.09. The normalized spacial score (nSPS) is 21.3. The lowest BCUT2D eigenvalue weighted by Gasteiger charge is -2.20. The summed E-state index contributed by atoms with van der Waals surface area (Å²) >= 11 is 0. The molecule has 0 aliphatic carbocycles. The van der Waals surface area contributed by atoms with Gasteiger partial charge in [0.2, 0.25) is 0 Å². The molecule has 2 atom stereocenters. The highest BCUT2D eigenvalue weighted by atomic mass is 16.5. The van der Waals surface area contributed by atoms with Gasteiger partial charge in [-0.25, -0.2) is 0 Å². The monoisotopic (exact) mass is 311 g/mol. The number of aryl methyl sites for hydroxylation is 2. The molecule has 3 aromatic rings. The molecule has 1 fully saturated rings. The van der Waals surface area contributed by atoms with Gasteiger partial charge in [0.25, 0.3) is 0 Å². The Kier molecular flexibility index (Phi) is 3.67. The van der Waals surface area contributed by atoms with Gasteiger partial charge in [-0.1, -0.05) is 18.2 Å². The van der Waals surface area contributed by atoms with Crippen molar-refractivity contribution in [3.8, 4) is 0 Å². The van der Waals surface area contributed by atoms with Crippen LogP contribution < -0.4 is 5.32 Å². The van der Waals surface area contributed by atoms with E-state index in [-0.39, 0.29) is 6.10 Å². The molecule has 2 aromatic heterocycles. The maximum atomic E-state index is 5.93. The lowest BCUT2D eigenvalue weighted by atomic mass is 10.1. The third-order valence-electron chi connectivity index (χ3n) is 4.68. The highest BCUT2D eigenvalue weighted by molar-refractivity contribution is 5.82. The summed E-state index contributed by atoms with van der Waals surface area (Å²) in [5.74, 6) is 0.981. The first-order valence-electron chi connectivity index (χ1n) is 8.04. The van der Waals surface area contributed by atoms with Gasteiger partial charge in [0.05, 0.1) is 5.69 Å². The summed E-state index contributed by atoms with van der Waals surface area (Å²) in [6, 6.07) is 10.5. The Morgan fingerprint density at radius 2 is 2.17 bits per heavy atom. The van der Waals surface area contributed by atoms with E-state index in [1.165, 1.54) is 10.9 Å². The fraction of sp³-hybridized carbons (Fsp3) is 0.389. The summed E-state index contributed by atoms with van der Waals surface area (Å²) in [5, 5.41) is 9.10. The lowest BCUT2D eigenvalue weighted by molar-refractivity contribution is 0.0919. The van der Waals surface area contributed by atoms with E-state index in [1.54, 1.807) is 0 Å². The fourth-order valence-electron chi connectivity index (χ4n) is 3.43. The zero-order valence-electron chi connectivity index (χ0n) is 13.5. The lowest BCUT2D eigenvalue weighted by Crippen LogP contribution is -2.32. The molecule has 5 heteroatoms. The number of hydrogen-bond donors (Lipinski definition) is 1. The molecular weight excluding hydrogens is 290 g/mol. The molecular formula is C18H21N3O2. The number of benzene rings is 1. The number of ether oxygens (including phenoxy) is 1. The Balaban J connectivity index is 1.54. The molecule has 0 radical (unpaired) electrons. The molecule has 0 amide bonds. The van der Waals surface area contributed by atoms with Crippen LogP contribution in [0.3, 0.4) is 0 Å². The van der Waals surface area contributed by atoms with Gasteiger partial charge >= 0.3 is 0 Å². The number of furan rings is 1. The molecule has 1 aliphatic rings. The van der Waals surface area contributed by atoms with Crippen LogP contribution in [-0.2, 0) is 18.3 Å². The van der Waals surface area contributed by atoms with Crippen LogP contribution in [0, 0.1) is 6.92 Å². The molecule has 1 N–H and O–H groups in total. The van der Waals surface area contributed by atoms with Gasteiger partial charge < -0.3 is 14.5 Å². The third kappa shape index (κ3) is 2.56. The Bertz CT molecular complexity index is 821. The summed E-state index contributed by atoms with van der Waals surface area (Å²) in [6.07, 6.45) is 2.88. The molecule has 120 valence electrons. The first kappa shape index (κ1) is 14.5. The van der Waals surface area contributed by atoms with Crippen molar-refractivity contribution in [1.29, 1.82) is 0 Å². The molecule has 0 unspecified atom stereocenters. The molecule has 1 aliphatic heterocycles. The first-order chi connectivity index (χ1) is 11.2. The van der Waals surface area contributed by atoms with Gasteiger partial charge in [-0.2, -0.15) is 5.10 Å². The van der Waals surface area contributed by atoms with Crippen molar-refractivity contribution in [3.05, 3.63) is 53.5 Å². The molecule has 1 aromatic carbocycles. The Labute approximate surface area is 135 Å². The van der Waals surface area contributed by atoms with E-state index in [0.717, 1.165) is 36.6 Å². The maximum absolute atomic E-state index is 5.93. The molecule has 23 heavy (non-hydrogen) atoms. The van der Waals surface area contributed by atoms with Crippen LogP contribution in [0.4, 0.5) is 0 Å². The van der Waals surface area contributed by atoms with Gasteiger partial charge in [-0.05, 0) is 25.5 Å². The molecule has 5 nitrogen and oxygen atoms in total. The van der Waals surface area contributed by atoms with Crippen molar-refractivity contribution in [3.63, 3.8) is 0 Å². The average Bonchev–Trinajstić information content (AvgIpc) is 3.23. The second-order valence-corrected chi connectivity index (χ2v) is 6.08. The van der Waals surface area contributed by atoms with Gasteiger partial charge in [0.1, 0.15) is 17.4 Å². The van der Waals surface area contributed by atoms with Crippen LogP contribution in [0.15, 0.2) is 40.9 Å². The van der Waals surface area contributed by atoms with Crippen LogP contribution in [-0.4, -0.2) is 22.4 Å². The smallest absolute Gasteiger partial charge is 0.134 e. The summed E-state index contributed by atoms with van der Waals surface area (Å²) in [7, 11) is 1.96. The van der Waals surface area contributed by atoms with Crippen LogP contribution in [0.2, 0.25) is 0 Å². The second-order valence-electron chi connectivity index (χ2n) is 6.08. The summed E-state index contributed by atoms with van der Waals surface area (Å²) < 4.78 is 13.7. The Morgan fingerprint density at radius 3 is 3.00 bits per heavy atom. The van der Waals surface area contributed by atoms with Crippen molar-refractivity contribution in [2.45, 2.75) is 32.0 Å². The quantitative estimate of drug-likeness (QED) is 0.804. The van der Waals surface area contributed by atoms with E-state index in [9.17, 15) is 0 Å². The second kappa shape index (κ2) is 5.83. The van der Waals surface area contributed by atoms with E-state index in [0.29, 0.717) is 6.04 Å². The zero-order valence-corrected chi connectivity index (χ0v) is 13.5. The molecule has 0 saturated carbocycles. The number of rotatable bonds is 4. The summed E-state index contributed by atoms with van der Waals surface area (Å²) in [4.78, 5) is 0. The van der Waals surface area contributed by atoms with Crippen molar-refractivity contribution in [1.82, 2.24) is 15.1 Å². The highest BCUT2D eigenvalue weighted by Crippen LogP contribution is 2.30. The maximum Gasteiger partial charge on any atom is 0.134 e. The summed E-state index contributed by atoms with van der Waals surface area (Å²) in [5.41, 5.74) is 3.30. The average molecular weight is 311 g/mol. The fourth-order valence-corrected chi connectivity index (χ4v) is 3.43. The van der Waals surface area contributed by atoms with E-state index < -0.39 is 0 Å². The number of aromatic nitrogens is 2. The topological polar surface area (TPSA) is 52.2 Å². The number of nitrogens with one attached hydrogen (secondary N) is 1. The van der Waals surface area contributed by atoms with E-state index in [1.807, 2.05) is 43.0 Å². The minimum atomic E-state index is 0.0565. The largest absolute Gasteiger partial charge is 0.461 e. The van der Waals surface area contributed by atoms with Crippen molar-refractivity contribution in [2.24, 2.45) is 7.05 Å². The SMILES string of the molecule is Cc1oc2ccccc2c1CN[C@H]1CCO[C@@H]1c1ccnn1C.